The summed E-state index contributed by atoms with van der Waals surface area (Å²) in [6, 6.07) is 28.0. The zero-order chi connectivity index (χ0) is 25.5. The van der Waals surface area contributed by atoms with E-state index in [1.165, 1.54) is 6.42 Å². The van der Waals surface area contributed by atoms with Crippen molar-refractivity contribution < 1.29 is 48.6 Å². The second kappa shape index (κ2) is 13.6. The first kappa shape index (κ1) is 27.9. The van der Waals surface area contributed by atoms with Gasteiger partial charge >= 0.3 is 29.6 Å². The number of aromatic nitrogens is 1. The van der Waals surface area contributed by atoms with Gasteiger partial charge in [-0.25, -0.2) is 4.98 Å². The molecule has 1 heterocycles. The number of carboxylic acids is 1. The van der Waals surface area contributed by atoms with Gasteiger partial charge in [0.15, 0.2) is 5.76 Å². The molecule has 0 bridgehead atoms. The third kappa shape index (κ3) is 7.04. The molecule has 0 aliphatic heterocycles. The second-order valence-corrected chi connectivity index (χ2v) is 9.44. The zero-order valence-electron chi connectivity index (χ0n) is 21.8. The average Bonchev–Trinajstić information content (AvgIpc) is 3.36. The van der Waals surface area contributed by atoms with Crippen molar-refractivity contribution in [3.63, 3.8) is 0 Å². The molecule has 5 rings (SSSR count). The van der Waals surface area contributed by atoms with Gasteiger partial charge in [-0.05, 0) is 49.3 Å². The number of benzene rings is 3. The number of hydrogen-bond acceptors (Lipinski definition) is 5. The number of hydrogen-bond donors (Lipinski definition) is 0. The Morgan fingerprint density at radius 1 is 0.921 bits per heavy atom. The van der Waals surface area contributed by atoms with E-state index in [4.69, 9.17) is 14.1 Å². The molecule has 0 saturated heterocycles. The minimum Gasteiger partial charge on any atom is -0.546 e. The first-order valence-electron chi connectivity index (χ1n) is 12.9. The van der Waals surface area contributed by atoms with Crippen LogP contribution in [0.1, 0.15) is 43.6 Å². The van der Waals surface area contributed by atoms with Crippen LogP contribution in [0.5, 0.6) is 5.75 Å². The van der Waals surface area contributed by atoms with Crippen LogP contribution in [0.3, 0.4) is 0 Å². The van der Waals surface area contributed by atoms with E-state index in [1.54, 1.807) is 6.07 Å². The number of nitrogens with zero attached hydrogens (tertiary/aromatic N) is 1. The molecular formula is C32H30NNaO4. The Hall–Kier alpha value is -3.12. The van der Waals surface area contributed by atoms with Crippen molar-refractivity contribution in [1.29, 1.82) is 0 Å². The smallest absolute Gasteiger partial charge is 0.546 e. The minimum absolute atomic E-state index is 0. The molecule has 3 aromatic carbocycles. The van der Waals surface area contributed by atoms with Gasteiger partial charge in [-0.2, -0.15) is 0 Å². The van der Waals surface area contributed by atoms with Crippen molar-refractivity contribution in [2.24, 2.45) is 5.92 Å². The molecule has 0 fully saturated rings. The minimum atomic E-state index is -1.23. The second-order valence-electron chi connectivity index (χ2n) is 9.44. The maximum Gasteiger partial charge on any atom is 1.00 e. The molecule has 0 N–H and O–H groups in total. The molecule has 0 saturated carbocycles. The summed E-state index contributed by atoms with van der Waals surface area (Å²) in [5.74, 6) is 0.979. The molecule has 188 valence electrons. The van der Waals surface area contributed by atoms with Crippen LogP contribution in [0.15, 0.2) is 95.4 Å². The quantitative estimate of drug-likeness (QED) is 0.337. The third-order valence-electron chi connectivity index (χ3n) is 6.76. The van der Waals surface area contributed by atoms with Gasteiger partial charge in [0.05, 0.1) is 5.97 Å². The SMILES string of the molecule is O=C([O-])COc1cccc(CC2CCCCCC=C2c2nc(-c3ccccc3)c(-c3ccccc3)o2)c1.[Na+]. The van der Waals surface area contributed by atoms with Crippen LogP contribution in [0, 0.1) is 5.92 Å². The molecular weight excluding hydrogens is 485 g/mol. The summed E-state index contributed by atoms with van der Waals surface area (Å²) in [6.45, 7) is -0.459. The van der Waals surface area contributed by atoms with Crippen LogP contribution >= 0.6 is 0 Å². The Balaban J connectivity index is 0.00000336. The van der Waals surface area contributed by atoms with Gasteiger partial charge < -0.3 is 19.1 Å². The maximum absolute atomic E-state index is 10.8. The summed E-state index contributed by atoms with van der Waals surface area (Å²) in [5.41, 5.74) is 5.10. The normalized spacial score (nSPS) is 15.5. The summed E-state index contributed by atoms with van der Waals surface area (Å²) < 4.78 is 11.9. The number of oxazole rings is 1. The van der Waals surface area contributed by atoms with Gasteiger partial charge in [-0.3, -0.25) is 0 Å². The van der Waals surface area contributed by atoms with Gasteiger partial charge in [0.1, 0.15) is 18.1 Å². The molecule has 6 heteroatoms. The standard InChI is InChI=1S/C32H31NO4.Na/c34-29(35)22-36-27-18-11-12-23(21-27)20-26-17-5-1-2-10-19-28(26)32-33-30(24-13-6-3-7-14-24)31(37-32)25-15-8-4-9-16-25;/h3-4,6-9,11-16,18-19,21,26H,1-2,5,10,17,20,22H2,(H,34,35);/q;+1/p-1. The summed E-state index contributed by atoms with van der Waals surface area (Å²) in [5, 5.41) is 10.8. The van der Waals surface area contributed by atoms with Gasteiger partial charge in [0.25, 0.3) is 0 Å². The fourth-order valence-electron chi connectivity index (χ4n) is 4.98. The third-order valence-corrected chi connectivity index (χ3v) is 6.76. The molecule has 0 radical (unpaired) electrons. The summed E-state index contributed by atoms with van der Waals surface area (Å²) in [4.78, 5) is 15.9. The maximum atomic E-state index is 10.8. The Labute approximate surface area is 245 Å². The molecule has 1 aromatic heterocycles. The fraction of sp³-hybridized carbons (Fsp3) is 0.250. The molecule has 1 atom stereocenters. The van der Waals surface area contributed by atoms with Gasteiger partial charge in [-0.1, -0.05) is 91.7 Å². The predicted molar refractivity (Wildman–Crippen MR) is 143 cm³/mol. The largest absolute Gasteiger partial charge is 1.00 e. The average molecular weight is 516 g/mol. The molecule has 0 spiro atoms. The molecule has 1 aliphatic rings. The topological polar surface area (TPSA) is 75.4 Å². The summed E-state index contributed by atoms with van der Waals surface area (Å²) >= 11 is 0. The first-order chi connectivity index (χ1) is 18.2. The Morgan fingerprint density at radius 3 is 2.39 bits per heavy atom. The van der Waals surface area contributed by atoms with Crippen molar-refractivity contribution >= 4 is 11.5 Å². The van der Waals surface area contributed by atoms with E-state index in [0.717, 1.165) is 65.8 Å². The van der Waals surface area contributed by atoms with Crippen molar-refractivity contribution in [2.45, 2.75) is 38.5 Å². The molecule has 38 heavy (non-hydrogen) atoms. The molecule has 0 amide bonds. The van der Waals surface area contributed by atoms with E-state index in [-0.39, 0.29) is 35.5 Å². The van der Waals surface area contributed by atoms with Gasteiger partial charge in [0, 0.05) is 16.7 Å². The van der Waals surface area contributed by atoms with Crippen LogP contribution < -0.4 is 39.4 Å². The van der Waals surface area contributed by atoms with Crippen molar-refractivity contribution in [3.8, 4) is 28.3 Å². The Bertz CT molecular complexity index is 1310. The fourth-order valence-corrected chi connectivity index (χ4v) is 4.98. The van der Waals surface area contributed by atoms with E-state index >= 15 is 0 Å². The van der Waals surface area contributed by atoms with Crippen LogP contribution in [0.4, 0.5) is 0 Å². The van der Waals surface area contributed by atoms with Crippen molar-refractivity contribution in [3.05, 3.63) is 102 Å². The number of carboxylic acid groups (broad SMARTS) is 1. The van der Waals surface area contributed by atoms with Gasteiger partial charge in [-0.15, -0.1) is 0 Å². The number of rotatable bonds is 8. The van der Waals surface area contributed by atoms with Crippen LogP contribution in [0.25, 0.3) is 28.2 Å². The van der Waals surface area contributed by atoms with Crippen molar-refractivity contribution in [2.75, 3.05) is 6.61 Å². The first-order valence-corrected chi connectivity index (χ1v) is 12.9. The van der Waals surface area contributed by atoms with E-state index in [2.05, 4.69) is 36.4 Å². The zero-order valence-corrected chi connectivity index (χ0v) is 23.8. The van der Waals surface area contributed by atoms with Crippen LogP contribution in [-0.2, 0) is 11.2 Å². The number of aliphatic carboxylic acids is 1. The van der Waals surface area contributed by atoms with E-state index in [1.807, 2.05) is 48.5 Å². The molecule has 4 aromatic rings. The van der Waals surface area contributed by atoms with Gasteiger partial charge in [0.2, 0.25) is 5.89 Å². The monoisotopic (exact) mass is 515 g/mol. The number of carbonyl (C=O) groups excluding carboxylic acids is 1. The molecule has 1 unspecified atom stereocenters. The summed E-state index contributed by atoms with van der Waals surface area (Å²) in [7, 11) is 0. The van der Waals surface area contributed by atoms with Crippen LogP contribution in [0.2, 0.25) is 0 Å². The predicted octanol–water partition coefficient (Wildman–Crippen LogP) is 3.35. The summed E-state index contributed by atoms with van der Waals surface area (Å²) in [6.07, 6.45) is 8.60. The number of allylic oxidation sites excluding steroid dienone is 2. The van der Waals surface area contributed by atoms with Crippen LogP contribution in [-0.4, -0.2) is 17.6 Å². The molecule has 5 nitrogen and oxygen atoms in total. The number of ether oxygens (including phenoxy) is 1. The van der Waals surface area contributed by atoms with E-state index < -0.39 is 12.6 Å². The van der Waals surface area contributed by atoms with E-state index in [0.29, 0.717) is 11.6 Å². The number of carbonyl (C=O) groups is 1. The Morgan fingerprint density at radius 2 is 1.66 bits per heavy atom. The molecule has 1 aliphatic carbocycles. The van der Waals surface area contributed by atoms with Crippen molar-refractivity contribution in [1.82, 2.24) is 4.98 Å². The van der Waals surface area contributed by atoms with E-state index in [9.17, 15) is 9.90 Å². The Kier molecular flexibility index (Phi) is 9.99.